The van der Waals surface area contributed by atoms with Crippen LogP contribution in [0.1, 0.15) is 32.3 Å². The summed E-state index contributed by atoms with van der Waals surface area (Å²) in [4.78, 5) is 3.24. The minimum atomic E-state index is 0.601. The van der Waals surface area contributed by atoms with E-state index in [1.165, 1.54) is 29.3 Å². The van der Waals surface area contributed by atoms with Crippen molar-refractivity contribution in [3.63, 3.8) is 0 Å². The topological polar surface area (TPSA) is 27.8 Å². The third-order valence-electron chi connectivity index (χ3n) is 3.00. The Bertz CT molecular complexity index is 445. The van der Waals surface area contributed by atoms with Gasteiger partial charge >= 0.3 is 0 Å². The molecule has 0 bridgehead atoms. The number of fused-ring (bicyclic) bond motifs is 1. The van der Waals surface area contributed by atoms with E-state index in [0.717, 1.165) is 6.54 Å². The lowest BCUT2D eigenvalue weighted by Gasteiger charge is -2.12. The molecule has 1 heterocycles. The number of hydrogen-bond acceptors (Lipinski definition) is 1. The Morgan fingerprint density at radius 2 is 2.19 bits per heavy atom. The molecule has 1 unspecified atom stereocenters. The highest BCUT2D eigenvalue weighted by molar-refractivity contribution is 5.79. The van der Waals surface area contributed by atoms with E-state index < -0.39 is 0 Å². The molecule has 0 saturated heterocycles. The number of H-pyrrole nitrogens is 1. The summed E-state index contributed by atoms with van der Waals surface area (Å²) in [5.74, 6) is 0. The monoisotopic (exact) mass is 216 g/mol. The van der Waals surface area contributed by atoms with Gasteiger partial charge in [-0.3, -0.25) is 0 Å². The van der Waals surface area contributed by atoms with E-state index in [1.54, 1.807) is 0 Å². The van der Waals surface area contributed by atoms with Crippen molar-refractivity contribution in [3.05, 3.63) is 36.0 Å². The zero-order valence-electron chi connectivity index (χ0n) is 10.1. The molecule has 2 aromatic rings. The second kappa shape index (κ2) is 5.17. The van der Waals surface area contributed by atoms with Gasteiger partial charge in [-0.15, -0.1) is 0 Å². The third kappa shape index (κ3) is 2.64. The Morgan fingerprint density at radius 1 is 1.31 bits per heavy atom. The normalized spacial score (nSPS) is 13.1. The maximum absolute atomic E-state index is 3.54. The minimum absolute atomic E-state index is 0.601. The molecule has 0 fully saturated rings. The maximum Gasteiger partial charge on any atom is 0.0457 e. The van der Waals surface area contributed by atoms with Gasteiger partial charge in [0.05, 0.1) is 0 Å². The molecule has 0 aliphatic heterocycles. The molecular weight excluding hydrogens is 196 g/mol. The number of nitrogens with one attached hydrogen (secondary N) is 2. The summed E-state index contributed by atoms with van der Waals surface area (Å²) in [6.07, 6.45) is 4.47. The summed E-state index contributed by atoms with van der Waals surface area (Å²) in [7, 11) is 0. The summed E-state index contributed by atoms with van der Waals surface area (Å²) in [5.41, 5.74) is 2.57. The Morgan fingerprint density at radius 3 is 3.00 bits per heavy atom. The Kier molecular flexibility index (Phi) is 3.62. The van der Waals surface area contributed by atoms with Crippen LogP contribution in [0.5, 0.6) is 0 Å². The highest BCUT2D eigenvalue weighted by atomic mass is 14.9. The van der Waals surface area contributed by atoms with E-state index in [0.29, 0.717) is 6.04 Å². The number of aromatic nitrogens is 1. The lowest BCUT2D eigenvalue weighted by molar-refractivity contribution is 0.508. The van der Waals surface area contributed by atoms with Gasteiger partial charge in [0, 0.05) is 24.3 Å². The number of aromatic amines is 1. The van der Waals surface area contributed by atoms with Crippen molar-refractivity contribution < 1.29 is 0 Å². The summed E-state index contributed by atoms with van der Waals surface area (Å²) in [5, 5.41) is 4.83. The van der Waals surface area contributed by atoms with Crippen LogP contribution < -0.4 is 5.32 Å². The second-order valence-corrected chi connectivity index (χ2v) is 4.47. The molecule has 1 aromatic carbocycles. The molecule has 0 saturated carbocycles. The van der Waals surface area contributed by atoms with Crippen LogP contribution in [0.15, 0.2) is 30.5 Å². The SMILES string of the molecule is CCCC(C)NCc1ccc2cc[nH]c2c1. The number of hydrogen-bond donors (Lipinski definition) is 2. The van der Waals surface area contributed by atoms with E-state index in [9.17, 15) is 0 Å². The van der Waals surface area contributed by atoms with Crippen molar-refractivity contribution in [3.8, 4) is 0 Å². The van der Waals surface area contributed by atoms with E-state index in [-0.39, 0.29) is 0 Å². The van der Waals surface area contributed by atoms with Crippen LogP contribution in [0, 0.1) is 0 Å². The van der Waals surface area contributed by atoms with Gasteiger partial charge in [-0.25, -0.2) is 0 Å². The predicted octanol–water partition coefficient (Wildman–Crippen LogP) is 3.45. The summed E-state index contributed by atoms with van der Waals surface area (Å²) < 4.78 is 0. The molecule has 0 amide bonds. The highest BCUT2D eigenvalue weighted by Gasteiger charge is 2.01. The van der Waals surface area contributed by atoms with Gasteiger partial charge in [0.1, 0.15) is 0 Å². The zero-order valence-corrected chi connectivity index (χ0v) is 10.1. The van der Waals surface area contributed by atoms with E-state index in [4.69, 9.17) is 0 Å². The smallest absolute Gasteiger partial charge is 0.0457 e. The molecule has 2 N–H and O–H groups in total. The first-order valence-corrected chi connectivity index (χ1v) is 6.09. The van der Waals surface area contributed by atoms with Gasteiger partial charge in [0.25, 0.3) is 0 Å². The lowest BCUT2D eigenvalue weighted by Crippen LogP contribution is -2.24. The highest BCUT2D eigenvalue weighted by Crippen LogP contribution is 2.14. The summed E-state index contributed by atoms with van der Waals surface area (Å²) >= 11 is 0. The molecule has 0 radical (unpaired) electrons. The van der Waals surface area contributed by atoms with Crippen LogP contribution >= 0.6 is 0 Å². The van der Waals surface area contributed by atoms with Crippen LogP contribution in [0.4, 0.5) is 0 Å². The molecule has 16 heavy (non-hydrogen) atoms. The third-order valence-corrected chi connectivity index (χ3v) is 3.00. The molecule has 1 atom stereocenters. The number of rotatable bonds is 5. The predicted molar refractivity (Wildman–Crippen MR) is 69.5 cm³/mol. The van der Waals surface area contributed by atoms with Gasteiger partial charge < -0.3 is 10.3 Å². The molecular formula is C14H20N2. The van der Waals surface area contributed by atoms with Gasteiger partial charge in [-0.2, -0.15) is 0 Å². The van der Waals surface area contributed by atoms with E-state index >= 15 is 0 Å². The van der Waals surface area contributed by atoms with Crippen molar-refractivity contribution in [2.75, 3.05) is 0 Å². The van der Waals surface area contributed by atoms with Crippen molar-refractivity contribution in [1.82, 2.24) is 10.3 Å². The van der Waals surface area contributed by atoms with Gasteiger partial charge in [0.2, 0.25) is 0 Å². The van der Waals surface area contributed by atoms with Crippen molar-refractivity contribution in [2.45, 2.75) is 39.3 Å². The fourth-order valence-corrected chi connectivity index (χ4v) is 2.03. The first-order chi connectivity index (χ1) is 7.79. The average Bonchev–Trinajstić information content (AvgIpc) is 2.74. The van der Waals surface area contributed by atoms with Crippen molar-refractivity contribution >= 4 is 10.9 Å². The Labute approximate surface area is 97.1 Å². The van der Waals surface area contributed by atoms with Crippen LogP contribution in [0.3, 0.4) is 0 Å². The summed E-state index contributed by atoms with van der Waals surface area (Å²) in [6.45, 7) is 5.43. The van der Waals surface area contributed by atoms with E-state index in [2.05, 4.69) is 48.4 Å². The van der Waals surface area contributed by atoms with E-state index in [1.807, 2.05) is 6.20 Å². The van der Waals surface area contributed by atoms with Crippen LogP contribution in [-0.4, -0.2) is 11.0 Å². The fourth-order valence-electron chi connectivity index (χ4n) is 2.03. The molecule has 2 heteroatoms. The number of benzene rings is 1. The molecule has 0 aliphatic carbocycles. The minimum Gasteiger partial charge on any atom is -0.361 e. The molecule has 1 aromatic heterocycles. The molecule has 0 aliphatic rings. The van der Waals surface area contributed by atoms with Gasteiger partial charge in [0.15, 0.2) is 0 Å². The molecule has 2 rings (SSSR count). The Balaban J connectivity index is 1.98. The van der Waals surface area contributed by atoms with Crippen LogP contribution in [-0.2, 0) is 6.54 Å². The largest absolute Gasteiger partial charge is 0.361 e. The summed E-state index contributed by atoms with van der Waals surface area (Å²) in [6, 6.07) is 9.30. The van der Waals surface area contributed by atoms with Crippen molar-refractivity contribution in [2.24, 2.45) is 0 Å². The quantitative estimate of drug-likeness (QED) is 0.787. The molecule has 86 valence electrons. The van der Waals surface area contributed by atoms with Crippen LogP contribution in [0.25, 0.3) is 10.9 Å². The van der Waals surface area contributed by atoms with Crippen molar-refractivity contribution in [1.29, 1.82) is 0 Å². The van der Waals surface area contributed by atoms with Gasteiger partial charge in [-0.1, -0.05) is 25.5 Å². The Hall–Kier alpha value is -1.28. The molecule has 0 spiro atoms. The maximum atomic E-state index is 3.54. The van der Waals surface area contributed by atoms with Gasteiger partial charge in [-0.05, 0) is 36.4 Å². The van der Waals surface area contributed by atoms with Crippen LogP contribution in [0.2, 0.25) is 0 Å². The molecule has 2 nitrogen and oxygen atoms in total. The standard InChI is InChI=1S/C14H20N2/c1-3-4-11(2)16-10-12-5-6-13-7-8-15-14(13)9-12/h5-9,11,15-16H,3-4,10H2,1-2H3. The first kappa shape index (κ1) is 11.2. The lowest BCUT2D eigenvalue weighted by atomic mass is 10.1. The second-order valence-electron chi connectivity index (χ2n) is 4.47. The fraction of sp³-hybridized carbons (Fsp3) is 0.429. The average molecular weight is 216 g/mol. The zero-order chi connectivity index (χ0) is 11.4. The first-order valence-electron chi connectivity index (χ1n) is 6.09.